The molecule has 20 heavy (non-hydrogen) atoms. The number of nitrogens with one attached hydrogen (secondary N) is 1. The average Bonchev–Trinajstić information content (AvgIpc) is 2.49. The van der Waals surface area contributed by atoms with Crippen LogP contribution in [0, 0.1) is 5.82 Å². The summed E-state index contributed by atoms with van der Waals surface area (Å²) in [4.78, 5) is 7.93. The lowest BCUT2D eigenvalue weighted by atomic mass is 9.95. The first-order valence-corrected chi connectivity index (χ1v) is 8.67. The van der Waals surface area contributed by atoms with Gasteiger partial charge in [-0.2, -0.15) is 0 Å². The molecule has 0 amide bonds. The molecule has 1 saturated carbocycles. The van der Waals surface area contributed by atoms with Crippen LogP contribution in [0.2, 0.25) is 0 Å². The van der Waals surface area contributed by atoms with Gasteiger partial charge in [-0.1, -0.05) is 20.3 Å². The van der Waals surface area contributed by atoms with Gasteiger partial charge in [0.15, 0.2) is 11.6 Å². The molecule has 3 unspecified atom stereocenters. The van der Waals surface area contributed by atoms with Gasteiger partial charge in [-0.15, -0.1) is 0 Å². The summed E-state index contributed by atoms with van der Waals surface area (Å²) in [6.07, 6.45) is 5.78. The lowest BCUT2D eigenvalue weighted by molar-refractivity contribution is 0.461. The van der Waals surface area contributed by atoms with E-state index in [4.69, 9.17) is 0 Å². The molecule has 4 nitrogen and oxygen atoms in total. The molecule has 1 aliphatic carbocycles. The monoisotopic (exact) mass is 299 g/mol. The first kappa shape index (κ1) is 15.4. The SMILES string of the molecule is CCc1ncnc(NC2CCCC(S(=O)CC)C2)c1F. The Morgan fingerprint density at radius 3 is 2.90 bits per heavy atom. The van der Waals surface area contributed by atoms with Crippen molar-refractivity contribution in [1.29, 1.82) is 0 Å². The van der Waals surface area contributed by atoms with Crippen molar-refractivity contribution in [1.82, 2.24) is 9.97 Å². The van der Waals surface area contributed by atoms with E-state index in [1.165, 1.54) is 6.33 Å². The van der Waals surface area contributed by atoms with Gasteiger partial charge in [0.05, 0.1) is 5.69 Å². The quantitative estimate of drug-likeness (QED) is 0.908. The van der Waals surface area contributed by atoms with Gasteiger partial charge in [0.25, 0.3) is 0 Å². The third-order valence-electron chi connectivity index (χ3n) is 3.82. The van der Waals surface area contributed by atoms with Gasteiger partial charge >= 0.3 is 0 Å². The largest absolute Gasteiger partial charge is 0.365 e. The molecule has 1 aromatic rings. The van der Waals surface area contributed by atoms with Crippen molar-refractivity contribution in [3.8, 4) is 0 Å². The zero-order chi connectivity index (χ0) is 14.5. The second kappa shape index (κ2) is 7.11. The van der Waals surface area contributed by atoms with Gasteiger partial charge in [0.1, 0.15) is 6.33 Å². The Morgan fingerprint density at radius 1 is 1.40 bits per heavy atom. The van der Waals surface area contributed by atoms with Crippen molar-refractivity contribution in [3.05, 3.63) is 17.8 Å². The number of hydrogen-bond acceptors (Lipinski definition) is 4. The molecule has 0 aromatic carbocycles. The van der Waals surface area contributed by atoms with Crippen LogP contribution in [0.1, 0.15) is 45.2 Å². The summed E-state index contributed by atoms with van der Waals surface area (Å²) in [6, 6.07) is 0.151. The van der Waals surface area contributed by atoms with Gasteiger partial charge in [-0.3, -0.25) is 4.21 Å². The number of anilines is 1. The van der Waals surface area contributed by atoms with E-state index in [2.05, 4.69) is 15.3 Å². The summed E-state index contributed by atoms with van der Waals surface area (Å²) in [7, 11) is -0.770. The number of hydrogen-bond donors (Lipinski definition) is 1. The Labute approximate surface area is 122 Å². The van der Waals surface area contributed by atoms with E-state index in [0.717, 1.165) is 25.7 Å². The highest BCUT2D eigenvalue weighted by Gasteiger charge is 2.26. The van der Waals surface area contributed by atoms with Crippen LogP contribution in [0.3, 0.4) is 0 Å². The van der Waals surface area contributed by atoms with E-state index in [9.17, 15) is 8.60 Å². The number of aromatic nitrogens is 2. The molecule has 0 aliphatic heterocycles. The van der Waals surface area contributed by atoms with E-state index < -0.39 is 10.8 Å². The van der Waals surface area contributed by atoms with Crippen LogP contribution in [0.4, 0.5) is 10.2 Å². The fourth-order valence-electron chi connectivity index (χ4n) is 2.70. The van der Waals surface area contributed by atoms with Gasteiger partial charge in [0.2, 0.25) is 0 Å². The van der Waals surface area contributed by atoms with Gasteiger partial charge in [-0.05, 0) is 25.7 Å². The first-order chi connectivity index (χ1) is 9.65. The standard InChI is InChI=1S/C14H22FN3OS/c1-3-12-13(15)14(17-9-16-12)18-10-6-5-7-11(8-10)20(19)4-2/h9-11H,3-8H2,1-2H3,(H,16,17,18). The highest BCUT2D eigenvalue weighted by molar-refractivity contribution is 7.85. The molecule has 1 fully saturated rings. The third kappa shape index (κ3) is 3.53. The molecule has 0 spiro atoms. The van der Waals surface area contributed by atoms with Crippen molar-refractivity contribution in [2.24, 2.45) is 0 Å². The lowest BCUT2D eigenvalue weighted by Gasteiger charge is -2.29. The first-order valence-electron chi connectivity index (χ1n) is 7.28. The third-order valence-corrected chi connectivity index (χ3v) is 5.56. The summed E-state index contributed by atoms with van der Waals surface area (Å²) in [5.41, 5.74) is 0.437. The number of nitrogens with zero attached hydrogens (tertiary/aromatic N) is 2. The van der Waals surface area contributed by atoms with Crippen LogP contribution in [0.25, 0.3) is 0 Å². The Kier molecular flexibility index (Phi) is 5.46. The van der Waals surface area contributed by atoms with Crippen LogP contribution in [-0.4, -0.2) is 31.2 Å². The van der Waals surface area contributed by atoms with E-state index in [0.29, 0.717) is 17.9 Å². The van der Waals surface area contributed by atoms with Crippen molar-refractivity contribution in [3.63, 3.8) is 0 Å². The van der Waals surface area contributed by atoms with Crippen LogP contribution in [0.5, 0.6) is 0 Å². The molecule has 2 rings (SSSR count). The Balaban J connectivity index is 2.04. The fraction of sp³-hybridized carbons (Fsp3) is 0.714. The van der Waals surface area contributed by atoms with Gasteiger partial charge in [0, 0.05) is 27.8 Å². The maximum Gasteiger partial charge on any atom is 0.186 e. The Hall–Kier alpha value is -1.04. The number of rotatable bonds is 5. The number of halogens is 1. The second-order valence-corrected chi connectivity index (χ2v) is 7.14. The maximum atomic E-state index is 14.1. The Bertz CT molecular complexity index is 483. The highest BCUT2D eigenvalue weighted by Crippen LogP contribution is 2.26. The predicted molar refractivity (Wildman–Crippen MR) is 79.7 cm³/mol. The molecule has 1 aromatic heterocycles. The summed E-state index contributed by atoms with van der Waals surface area (Å²) >= 11 is 0. The second-order valence-electron chi connectivity index (χ2n) is 5.14. The van der Waals surface area contributed by atoms with Crippen molar-refractivity contribution in [2.75, 3.05) is 11.1 Å². The molecular weight excluding hydrogens is 277 g/mol. The van der Waals surface area contributed by atoms with Gasteiger partial charge < -0.3 is 5.32 Å². The molecular formula is C14H22FN3OS. The fourth-order valence-corrected chi connectivity index (χ4v) is 4.05. The van der Waals surface area contributed by atoms with Gasteiger partial charge in [-0.25, -0.2) is 14.4 Å². The molecule has 1 aliphatic rings. The van der Waals surface area contributed by atoms with E-state index >= 15 is 0 Å². The Morgan fingerprint density at radius 2 is 2.20 bits per heavy atom. The molecule has 0 saturated heterocycles. The zero-order valence-corrected chi connectivity index (χ0v) is 12.9. The van der Waals surface area contributed by atoms with E-state index in [-0.39, 0.29) is 22.9 Å². The molecule has 3 atom stereocenters. The van der Waals surface area contributed by atoms with Crippen LogP contribution in [0.15, 0.2) is 6.33 Å². The molecule has 0 bridgehead atoms. The molecule has 6 heteroatoms. The van der Waals surface area contributed by atoms with Crippen LogP contribution < -0.4 is 5.32 Å². The normalized spacial score (nSPS) is 24.4. The van der Waals surface area contributed by atoms with Crippen LogP contribution in [-0.2, 0) is 17.2 Å². The minimum atomic E-state index is -0.770. The summed E-state index contributed by atoms with van der Waals surface area (Å²) in [5.74, 6) is 0.623. The van der Waals surface area contributed by atoms with Crippen molar-refractivity contribution >= 4 is 16.6 Å². The summed E-state index contributed by atoms with van der Waals surface area (Å²) < 4.78 is 26.0. The molecule has 1 N–H and O–H groups in total. The number of aryl methyl sites for hydroxylation is 1. The summed E-state index contributed by atoms with van der Waals surface area (Å²) in [6.45, 7) is 3.82. The van der Waals surface area contributed by atoms with E-state index in [1.807, 2.05) is 13.8 Å². The highest BCUT2D eigenvalue weighted by atomic mass is 32.2. The minimum absolute atomic E-state index is 0.151. The van der Waals surface area contributed by atoms with Crippen molar-refractivity contribution in [2.45, 2.75) is 57.2 Å². The van der Waals surface area contributed by atoms with E-state index in [1.54, 1.807) is 0 Å². The topological polar surface area (TPSA) is 54.9 Å². The van der Waals surface area contributed by atoms with Crippen LogP contribution >= 0.6 is 0 Å². The van der Waals surface area contributed by atoms with Crippen molar-refractivity contribution < 1.29 is 8.60 Å². The minimum Gasteiger partial charge on any atom is -0.365 e. The average molecular weight is 299 g/mol. The summed E-state index contributed by atoms with van der Waals surface area (Å²) in [5, 5.41) is 3.40. The molecule has 1 heterocycles. The smallest absolute Gasteiger partial charge is 0.186 e. The molecule has 0 radical (unpaired) electrons. The zero-order valence-electron chi connectivity index (χ0n) is 12.1. The molecule has 112 valence electrons. The predicted octanol–water partition coefficient (Wildman–Crippen LogP) is 2.67. The lowest BCUT2D eigenvalue weighted by Crippen LogP contribution is -2.33. The maximum absolute atomic E-state index is 14.1.